The second-order valence-electron chi connectivity index (χ2n) is 3.47. The van der Waals surface area contributed by atoms with E-state index in [4.69, 9.17) is 5.26 Å². The highest BCUT2D eigenvalue weighted by Crippen LogP contribution is 2.07. The average Bonchev–Trinajstić information content (AvgIpc) is 2.36. The molecule has 0 fully saturated rings. The molecule has 0 atom stereocenters. The molecule has 1 N–H and O–H groups in total. The average molecular weight is 233 g/mol. The molecule has 0 aliphatic heterocycles. The smallest absolute Gasteiger partial charge is 0.271 e. The zero-order valence-corrected chi connectivity index (χ0v) is 9.97. The van der Waals surface area contributed by atoms with Gasteiger partial charge < -0.3 is 10.2 Å². The van der Waals surface area contributed by atoms with Crippen molar-refractivity contribution in [3.8, 4) is 6.07 Å². The van der Waals surface area contributed by atoms with E-state index in [2.05, 4.69) is 21.6 Å². The molecule has 1 aromatic heterocycles. The van der Waals surface area contributed by atoms with Gasteiger partial charge in [0.05, 0.1) is 12.5 Å². The lowest BCUT2D eigenvalue weighted by Crippen LogP contribution is -2.25. The molecule has 0 saturated heterocycles. The highest BCUT2D eigenvalue weighted by molar-refractivity contribution is 5.92. The molecule has 90 valence electrons. The van der Waals surface area contributed by atoms with Gasteiger partial charge in [0, 0.05) is 20.1 Å². The first kappa shape index (κ1) is 12.9. The fourth-order valence-electron chi connectivity index (χ4n) is 1.23. The number of nitrogens with zero attached hydrogens (tertiary/aromatic N) is 4. The lowest BCUT2D eigenvalue weighted by molar-refractivity contribution is 0.0950. The summed E-state index contributed by atoms with van der Waals surface area (Å²) in [7, 11) is 1.83. The van der Waals surface area contributed by atoms with Gasteiger partial charge in [0.1, 0.15) is 0 Å². The first-order valence-corrected chi connectivity index (χ1v) is 5.39. The van der Waals surface area contributed by atoms with Crippen molar-refractivity contribution in [2.75, 3.05) is 25.0 Å². The third kappa shape index (κ3) is 3.72. The van der Waals surface area contributed by atoms with Crippen molar-refractivity contribution in [1.82, 2.24) is 15.5 Å². The third-order valence-electron chi connectivity index (χ3n) is 2.17. The number of hydrogen-bond donors (Lipinski definition) is 1. The molecule has 1 rings (SSSR count). The van der Waals surface area contributed by atoms with E-state index in [9.17, 15) is 4.79 Å². The zero-order valence-electron chi connectivity index (χ0n) is 9.97. The summed E-state index contributed by atoms with van der Waals surface area (Å²) >= 11 is 0. The Bertz CT molecular complexity index is 409. The quantitative estimate of drug-likeness (QED) is 0.804. The maximum atomic E-state index is 11.4. The predicted octanol–water partition coefficient (Wildman–Crippen LogP) is 0.576. The van der Waals surface area contributed by atoms with Gasteiger partial charge in [-0.25, -0.2) is 0 Å². The van der Waals surface area contributed by atoms with Crippen LogP contribution in [0.15, 0.2) is 12.1 Å². The van der Waals surface area contributed by atoms with Crippen LogP contribution in [0.3, 0.4) is 0 Å². The van der Waals surface area contributed by atoms with Gasteiger partial charge in [-0.2, -0.15) is 5.26 Å². The van der Waals surface area contributed by atoms with Gasteiger partial charge in [0.15, 0.2) is 11.5 Å². The first-order valence-electron chi connectivity index (χ1n) is 5.39. The van der Waals surface area contributed by atoms with Gasteiger partial charge in [-0.05, 0) is 19.1 Å². The molecule has 0 aliphatic carbocycles. The van der Waals surface area contributed by atoms with Gasteiger partial charge >= 0.3 is 0 Å². The number of anilines is 1. The van der Waals surface area contributed by atoms with E-state index < -0.39 is 0 Å². The largest absolute Gasteiger partial charge is 0.357 e. The molecule has 1 amide bonds. The minimum atomic E-state index is -0.230. The zero-order chi connectivity index (χ0) is 12.7. The van der Waals surface area contributed by atoms with Crippen molar-refractivity contribution >= 4 is 11.7 Å². The number of hydrogen-bond acceptors (Lipinski definition) is 5. The lowest BCUT2D eigenvalue weighted by Gasteiger charge is -2.15. The highest BCUT2D eigenvalue weighted by Gasteiger charge is 2.08. The predicted molar refractivity (Wildman–Crippen MR) is 63.5 cm³/mol. The third-order valence-corrected chi connectivity index (χ3v) is 2.17. The van der Waals surface area contributed by atoms with E-state index in [0.29, 0.717) is 31.0 Å². The van der Waals surface area contributed by atoms with Crippen LogP contribution >= 0.6 is 0 Å². The van der Waals surface area contributed by atoms with Crippen LogP contribution in [0.1, 0.15) is 23.8 Å². The molecule has 0 unspecified atom stereocenters. The number of rotatable bonds is 5. The van der Waals surface area contributed by atoms with Crippen LogP contribution in [0.2, 0.25) is 0 Å². The molecule has 17 heavy (non-hydrogen) atoms. The van der Waals surface area contributed by atoms with E-state index >= 15 is 0 Å². The van der Waals surface area contributed by atoms with Crippen molar-refractivity contribution in [2.24, 2.45) is 0 Å². The molecule has 1 aromatic rings. The molecular formula is C11H15N5O. The summed E-state index contributed by atoms with van der Waals surface area (Å²) in [6.07, 6.45) is 0.427. The molecule has 0 bridgehead atoms. The van der Waals surface area contributed by atoms with Crippen molar-refractivity contribution < 1.29 is 4.79 Å². The Morgan fingerprint density at radius 2 is 2.29 bits per heavy atom. The van der Waals surface area contributed by atoms with Gasteiger partial charge in [-0.15, -0.1) is 10.2 Å². The molecule has 0 radical (unpaired) electrons. The Hall–Kier alpha value is -2.16. The van der Waals surface area contributed by atoms with Crippen molar-refractivity contribution in [1.29, 1.82) is 5.26 Å². The number of carbonyl (C=O) groups is 1. The maximum absolute atomic E-state index is 11.4. The molecule has 0 aromatic carbocycles. The topological polar surface area (TPSA) is 81.9 Å². The molecule has 0 aliphatic rings. The fraction of sp³-hybridized carbons (Fsp3) is 0.455. The number of nitriles is 1. The Labute approximate surface area is 100 Å². The Kier molecular flexibility index (Phi) is 4.88. The van der Waals surface area contributed by atoms with Crippen LogP contribution in [-0.2, 0) is 0 Å². The van der Waals surface area contributed by atoms with Crippen LogP contribution in [0.5, 0.6) is 0 Å². The summed E-state index contributed by atoms with van der Waals surface area (Å²) < 4.78 is 0. The Balaban J connectivity index is 2.67. The fourth-order valence-corrected chi connectivity index (χ4v) is 1.23. The van der Waals surface area contributed by atoms with Gasteiger partial charge in [-0.3, -0.25) is 4.79 Å². The van der Waals surface area contributed by atoms with Gasteiger partial charge in [0.25, 0.3) is 5.91 Å². The summed E-state index contributed by atoms with van der Waals surface area (Å²) in [6, 6.07) is 5.40. The molecule has 1 heterocycles. The summed E-state index contributed by atoms with van der Waals surface area (Å²) in [4.78, 5) is 13.2. The van der Waals surface area contributed by atoms with Crippen LogP contribution in [-0.4, -0.2) is 36.2 Å². The molecule has 6 nitrogen and oxygen atoms in total. The van der Waals surface area contributed by atoms with Crippen LogP contribution in [0.25, 0.3) is 0 Å². The van der Waals surface area contributed by atoms with E-state index in [-0.39, 0.29) is 5.91 Å². The molecule has 0 saturated carbocycles. The second-order valence-corrected chi connectivity index (χ2v) is 3.47. The highest BCUT2D eigenvalue weighted by atomic mass is 16.1. The number of nitrogens with one attached hydrogen (secondary N) is 1. The second kappa shape index (κ2) is 6.43. The summed E-state index contributed by atoms with van der Waals surface area (Å²) in [6.45, 7) is 2.99. The lowest BCUT2D eigenvalue weighted by atomic mass is 10.3. The summed E-state index contributed by atoms with van der Waals surface area (Å²) in [5.74, 6) is 0.416. The minimum Gasteiger partial charge on any atom is -0.357 e. The molecular weight excluding hydrogens is 218 g/mol. The van der Waals surface area contributed by atoms with Crippen LogP contribution < -0.4 is 10.2 Å². The Morgan fingerprint density at radius 3 is 2.82 bits per heavy atom. The monoisotopic (exact) mass is 233 g/mol. The van der Waals surface area contributed by atoms with E-state index in [1.807, 2.05) is 18.9 Å². The summed E-state index contributed by atoms with van der Waals surface area (Å²) in [5.41, 5.74) is 0.296. The molecule has 6 heteroatoms. The van der Waals surface area contributed by atoms with E-state index in [1.54, 1.807) is 12.1 Å². The minimum absolute atomic E-state index is 0.230. The number of aromatic nitrogens is 2. The first-order chi connectivity index (χ1) is 8.19. The summed E-state index contributed by atoms with van der Waals surface area (Å²) in [5, 5.41) is 18.9. The van der Waals surface area contributed by atoms with Gasteiger partial charge in [0.2, 0.25) is 0 Å². The normalized spacial score (nSPS) is 9.47. The van der Waals surface area contributed by atoms with Crippen molar-refractivity contribution in [3.05, 3.63) is 17.8 Å². The van der Waals surface area contributed by atoms with Crippen molar-refractivity contribution in [3.63, 3.8) is 0 Å². The van der Waals surface area contributed by atoms with Crippen LogP contribution in [0.4, 0.5) is 5.82 Å². The van der Waals surface area contributed by atoms with E-state index in [1.165, 1.54) is 0 Å². The number of amides is 1. The van der Waals surface area contributed by atoms with Crippen LogP contribution in [0, 0.1) is 11.3 Å². The van der Waals surface area contributed by atoms with Crippen molar-refractivity contribution in [2.45, 2.75) is 13.3 Å². The Morgan fingerprint density at radius 1 is 1.53 bits per heavy atom. The standard InChI is InChI=1S/C11H15N5O/c1-3-13-11(17)9-5-6-10(15-14-9)16(2)8-4-7-12/h5-6H,3-4,8H2,1-2H3,(H,13,17). The van der Waals surface area contributed by atoms with Gasteiger partial charge in [-0.1, -0.05) is 0 Å². The van der Waals surface area contributed by atoms with E-state index in [0.717, 1.165) is 0 Å². The maximum Gasteiger partial charge on any atom is 0.271 e. The molecule has 0 spiro atoms. The SMILES string of the molecule is CCNC(=O)c1ccc(N(C)CCC#N)nn1. The number of carbonyl (C=O) groups excluding carboxylic acids is 1.